The Hall–Kier alpha value is -0.960. The molecule has 3 heteroatoms. The van der Waals surface area contributed by atoms with Crippen molar-refractivity contribution in [2.24, 2.45) is 5.92 Å². The highest BCUT2D eigenvalue weighted by molar-refractivity contribution is 5.20. The lowest BCUT2D eigenvalue weighted by molar-refractivity contribution is 0.356. The third kappa shape index (κ3) is 4.27. The summed E-state index contributed by atoms with van der Waals surface area (Å²) in [4.78, 5) is 0. The largest absolute Gasteiger partial charge is 0.317 e. The average molecular weight is 281 g/mol. The van der Waals surface area contributed by atoms with E-state index in [1.54, 1.807) is 0 Å². The second-order valence-corrected chi connectivity index (χ2v) is 5.98. The molecule has 0 amide bonds. The van der Waals surface area contributed by atoms with Crippen LogP contribution in [0.5, 0.6) is 0 Å². The maximum atomic E-state index is 13.7. The van der Waals surface area contributed by atoms with Gasteiger partial charge in [0.15, 0.2) is 0 Å². The molecule has 0 aliphatic heterocycles. The highest BCUT2D eigenvalue weighted by Gasteiger charge is 2.20. The fourth-order valence-electron chi connectivity index (χ4n) is 3.28. The number of likely N-dealkylation sites (N-methyl/N-ethyl adjacent to an activating group) is 1. The van der Waals surface area contributed by atoms with Gasteiger partial charge in [0.05, 0.1) is 0 Å². The minimum atomic E-state index is -0.425. The molecule has 0 heterocycles. The van der Waals surface area contributed by atoms with E-state index in [0.717, 1.165) is 6.42 Å². The normalized spacial score (nSPS) is 18.8. The number of rotatable bonds is 5. The highest BCUT2D eigenvalue weighted by atomic mass is 19.1. The van der Waals surface area contributed by atoms with E-state index in [0.29, 0.717) is 12.3 Å². The minimum Gasteiger partial charge on any atom is -0.317 e. The zero-order valence-corrected chi connectivity index (χ0v) is 12.3. The Morgan fingerprint density at radius 1 is 1.10 bits per heavy atom. The van der Waals surface area contributed by atoms with E-state index in [1.807, 2.05) is 7.05 Å². The van der Waals surface area contributed by atoms with Crippen LogP contribution in [0.25, 0.3) is 0 Å². The summed E-state index contributed by atoms with van der Waals surface area (Å²) in [5.41, 5.74) is 0.223. The molecule has 1 aliphatic rings. The van der Waals surface area contributed by atoms with Gasteiger partial charge in [0, 0.05) is 11.6 Å². The number of nitrogens with one attached hydrogen (secondary N) is 1. The molecular formula is C17H25F2N. The predicted molar refractivity (Wildman–Crippen MR) is 78.7 cm³/mol. The van der Waals surface area contributed by atoms with Crippen LogP contribution >= 0.6 is 0 Å². The highest BCUT2D eigenvalue weighted by Crippen LogP contribution is 2.27. The molecule has 0 aromatic heterocycles. The van der Waals surface area contributed by atoms with Crippen LogP contribution in [-0.4, -0.2) is 13.1 Å². The third-order valence-electron chi connectivity index (χ3n) is 4.51. The molecule has 1 nitrogen and oxygen atoms in total. The number of hydrogen-bond donors (Lipinski definition) is 1. The Labute approximate surface area is 120 Å². The molecule has 2 rings (SSSR count). The molecule has 0 radical (unpaired) electrons. The van der Waals surface area contributed by atoms with Gasteiger partial charge in [-0.15, -0.1) is 0 Å². The van der Waals surface area contributed by atoms with Crippen molar-refractivity contribution in [1.29, 1.82) is 0 Å². The van der Waals surface area contributed by atoms with Crippen molar-refractivity contribution in [1.82, 2.24) is 5.32 Å². The van der Waals surface area contributed by atoms with Crippen LogP contribution in [0.15, 0.2) is 18.2 Å². The van der Waals surface area contributed by atoms with E-state index in [1.165, 1.54) is 56.7 Å². The van der Waals surface area contributed by atoms with Crippen LogP contribution < -0.4 is 5.32 Å². The summed E-state index contributed by atoms with van der Waals surface area (Å²) in [5, 5.41) is 3.24. The molecule has 1 aromatic carbocycles. The van der Waals surface area contributed by atoms with Gasteiger partial charge in [-0.25, -0.2) is 8.78 Å². The van der Waals surface area contributed by atoms with Crippen LogP contribution in [0.4, 0.5) is 8.78 Å². The zero-order chi connectivity index (χ0) is 14.4. The summed E-state index contributed by atoms with van der Waals surface area (Å²) in [6, 6.07) is 4.27. The summed E-state index contributed by atoms with van der Waals surface area (Å²) in [7, 11) is 1.89. The van der Waals surface area contributed by atoms with Crippen LogP contribution in [-0.2, 0) is 6.42 Å². The lowest BCUT2D eigenvalue weighted by atomic mass is 9.90. The molecule has 0 bridgehead atoms. The van der Waals surface area contributed by atoms with Crippen molar-refractivity contribution in [2.45, 2.75) is 57.4 Å². The van der Waals surface area contributed by atoms with Gasteiger partial charge in [0.25, 0.3) is 0 Å². The first-order chi connectivity index (χ1) is 9.70. The summed E-state index contributed by atoms with van der Waals surface area (Å²) in [6.07, 6.45) is 9.25. The standard InChI is InChI=1S/C17H25F2N/c1-20-14(11-13-7-4-2-3-5-8-13)12-15-16(18)9-6-10-17(15)19/h6,9-10,13-14,20H,2-5,7-8,11-12H2,1H3. The Bertz CT molecular complexity index is 391. The number of benzene rings is 1. The van der Waals surface area contributed by atoms with Crippen LogP contribution in [0.2, 0.25) is 0 Å². The molecule has 1 aliphatic carbocycles. The Morgan fingerprint density at radius 2 is 1.70 bits per heavy atom. The number of hydrogen-bond acceptors (Lipinski definition) is 1. The van der Waals surface area contributed by atoms with Crippen LogP contribution in [0.3, 0.4) is 0 Å². The molecule has 0 spiro atoms. The molecule has 20 heavy (non-hydrogen) atoms. The van der Waals surface area contributed by atoms with E-state index in [2.05, 4.69) is 5.32 Å². The molecule has 1 N–H and O–H groups in total. The van der Waals surface area contributed by atoms with Crippen LogP contribution in [0, 0.1) is 17.6 Å². The van der Waals surface area contributed by atoms with Crippen molar-refractivity contribution in [3.05, 3.63) is 35.4 Å². The molecule has 1 atom stereocenters. The molecule has 1 aromatic rings. The quantitative estimate of drug-likeness (QED) is 0.786. The Morgan fingerprint density at radius 3 is 2.25 bits per heavy atom. The summed E-state index contributed by atoms with van der Waals surface area (Å²) in [6.45, 7) is 0. The van der Waals surface area contributed by atoms with Gasteiger partial charge in [-0.05, 0) is 37.9 Å². The molecule has 112 valence electrons. The first-order valence-electron chi connectivity index (χ1n) is 7.81. The third-order valence-corrected chi connectivity index (χ3v) is 4.51. The predicted octanol–water partition coefficient (Wildman–Crippen LogP) is 4.46. The molecule has 1 fully saturated rings. The smallest absolute Gasteiger partial charge is 0.129 e. The Balaban J connectivity index is 1.97. The van der Waals surface area contributed by atoms with Gasteiger partial charge in [-0.3, -0.25) is 0 Å². The van der Waals surface area contributed by atoms with Crippen molar-refractivity contribution < 1.29 is 8.78 Å². The van der Waals surface area contributed by atoms with Gasteiger partial charge in [0.2, 0.25) is 0 Å². The van der Waals surface area contributed by atoms with Gasteiger partial charge in [0.1, 0.15) is 11.6 Å². The monoisotopic (exact) mass is 281 g/mol. The van der Waals surface area contributed by atoms with E-state index in [-0.39, 0.29) is 11.6 Å². The number of halogens is 2. The molecule has 0 saturated heterocycles. The first kappa shape index (κ1) is 15.4. The molecular weight excluding hydrogens is 256 g/mol. The molecule has 1 saturated carbocycles. The maximum absolute atomic E-state index is 13.7. The fourth-order valence-corrected chi connectivity index (χ4v) is 3.28. The summed E-state index contributed by atoms with van der Waals surface area (Å²) < 4.78 is 27.4. The minimum absolute atomic E-state index is 0.157. The average Bonchev–Trinajstić information content (AvgIpc) is 2.70. The Kier molecular flexibility index (Phi) is 5.96. The van der Waals surface area contributed by atoms with E-state index >= 15 is 0 Å². The SMILES string of the molecule is CNC(Cc1c(F)cccc1F)CC1CCCCCC1. The fraction of sp³-hybridized carbons (Fsp3) is 0.647. The summed E-state index contributed by atoms with van der Waals surface area (Å²) >= 11 is 0. The van der Waals surface area contributed by atoms with Crippen molar-refractivity contribution >= 4 is 0 Å². The van der Waals surface area contributed by atoms with Gasteiger partial charge in [-0.1, -0.05) is 44.6 Å². The summed E-state index contributed by atoms with van der Waals surface area (Å²) in [5.74, 6) is -0.151. The second-order valence-electron chi connectivity index (χ2n) is 5.98. The van der Waals surface area contributed by atoms with Crippen LogP contribution in [0.1, 0.15) is 50.5 Å². The van der Waals surface area contributed by atoms with Gasteiger partial charge >= 0.3 is 0 Å². The lowest BCUT2D eigenvalue weighted by Gasteiger charge is -2.22. The van der Waals surface area contributed by atoms with E-state index in [9.17, 15) is 8.78 Å². The zero-order valence-electron chi connectivity index (χ0n) is 12.3. The van der Waals surface area contributed by atoms with Crippen molar-refractivity contribution in [3.63, 3.8) is 0 Å². The topological polar surface area (TPSA) is 12.0 Å². The maximum Gasteiger partial charge on any atom is 0.129 e. The van der Waals surface area contributed by atoms with Crippen molar-refractivity contribution in [3.8, 4) is 0 Å². The van der Waals surface area contributed by atoms with Gasteiger partial charge in [-0.2, -0.15) is 0 Å². The second kappa shape index (κ2) is 7.72. The van der Waals surface area contributed by atoms with Gasteiger partial charge < -0.3 is 5.32 Å². The van der Waals surface area contributed by atoms with E-state index < -0.39 is 11.6 Å². The lowest BCUT2D eigenvalue weighted by Crippen LogP contribution is -2.30. The van der Waals surface area contributed by atoms with E-state index in [4.69, 9.17) is 0 Å². The molecule has 1 unspecified atom stereocenters. The first-order valence-corrected chi connectivity index (χ1v) is 7.81. The van der Waals surface area contributed by atoms with Crippen molar-refractivity contribution in [2.75, 3.05) is 7.05 Å².